The number of nitrogens with two attached hydrogens (primary N) is 1. The molecule has 0 radical (unpaired) electrons. The Bertz CT molecular complexity index is 496. The number of rotatable bonds is 7. The van der Waals surface area contributed by atoms with Crippen LogP contribution in [0.5, 0.6) is 5.75 Å². The zero-order valence-corrected chi connectivity index (χ0v) is 13.6. The summed E-state index contributed by atoms with van der Waals surface area (Å²) in [6.45, 7) is 10.5. The van der Waals surface area contributed by atoms with E-state index in [4.69, 9.17) is 15.7 Å². The maximum atomic E-state index is 8.77. The molecule has 0 aliphatic heterocycles. The molecule has 5 heteroatoms. The molecule has 0 saturated carbocycles. The second-order valence-electron chi connectivity index (χ2n) is 6.26. The van der Waals surface area contributed by atoms with Crippen molar-refractivity contribution < 1.29 is 9.94 Å². The lowest BCUT2D eigenvalue weighted by molar-refractivity contribution is 0.237. The largest absolute Gasteiger partial charge is 0.496 e. The summed E-state index contributed by atoms with van der Waals surface area (Å²) in [6.07, 6.45) is 0. The fraction of sp³-hybridized carbons (Fsp3) is 0.562. The van der Waals surface area contributed by atoms with Gasteiger partial charge in [-0.25, -0.2) is 0 Å². The zero-order valence-electron chi connectivity index (χ0n) is 13.6. The van der Waals surface area contributed by atoms with Crippen molar-refractivity contribution in [1.82, 2.24) is 5.32 Å². The van der Waals surface area contributed by atoms with Crippen LogP contribution in [0.2, 0.25) is 0 Å². The molecular weight excluding hydrogens is 266 g/mol. The molecular formula is C16H27N3O2. The third-order valence-electron chi connectivity index (χ3n) is 4.14. The van der Waals surface area contributed by atoms with Gasteiger partial charge in [-0.05, 0) is 29.5 Å². The first-order valence-electron chi connectivity index (χ1n) is 7.17. The molecule has 0 aromatic heterocycles. The first-order valence-corrected chi connectivity index (χ1v) is 7.17. The predicted octanol–water partition coefficient (Wildman–Crippen LogP) is 2.56. The van der Waals surface area contributed by atoms with Crippen molar-refractivity contribution in [2.24, 2.45) is 22.2 Å². The van der Waals surface area contributed by atoms with E-state index in [9.17, 15) is 0 Å². The van der Waals surface area contributed by atoms with Gasteiger partial charge in [-0.15, -0.1) is 0 Å². The quantitative estimate of drug-likeness (QED) is 0.312. The van der Waals surface area contributed by atoms with Crippen LogP contribution in [-0.4, -0.2) is 24.7 Å². The summed E-state index contributed by atoms with van der Waals surface area (Å²) < 4.78 is 5.36. The Morgan fingerprint density at radius 3 is 2.62 bits per heavy atom. The van der Waals surface area contributed by atoms with Crippen molar-refractivity contribution in [3.63, 3.8) is 0 Å². The number of hydrogen-bond donors (Lipinski definition) is 3. The molecule has 1 aromatic carbocycles. The van der Waals surface area contributed by atoms with E-state index in [-0.39, 0.29) is 11.3 Å². The minimum absolute atomic E-state index is 0.0985. The molecule has 0 aliphatic carbocycles. The smallest absolute Gasteiger partial charge is 0.170 e. The summed E-state index contributed by atoms with van der Waals surface area (Å²) in [5.41, 5.74) is 7.52. The van der Waals surface area contributed by atoms with Gasteiger partial charge < -0.3 is 21.0 Å². The molecule has 1 rings (SSSR count). The number of methoxy groups -OCH3 is 1. The van der Waals surface area contributed by atoms with Crippen LogP contribution in [0, 0.1) is 11.3 Å². The van der Waals surface area contributed by atoms with Gasteiger partial charge in [0.05, 0.1) is 7.11 Å². The minimum Gasteiger partial charge on any atom is -0.496 e. The summed E-state index contributed by atoms with van der Waals surface area (Å²) >= 11 is 0. The average molecular weight is 293 g/mol. The summed E-state index contributed by atoms with van der Waals surface area (Å²) in [7, 11) is 1.64. The van der Waals surface area contributed by atoms with Crippen LogP contribution in [0.3, 0.4) is 0 Å². The van der Waals surface area contributed by atoms with Gasteiger partial charge in [-0.3, -0.25) is 0 Å². The Kier molecular flexibility index (Phi) is 6.03. The third kappa shape index (κ3) is 4.63. The van der Waals surface area contributed by atoms with E-state index >= 15 is 0 Å². The maximum Gasteiger partial charge on any atom is 0.170 e. The van der Waals surface area contributed by atoms with Crippen LogP contribution in [0.15, 0.2) is 23.4 Å². The van der Waals surface area contributed by atoms with E-state index in [2.05, 4.69) is 38.2 Å². The van der Waals surface area contributed by atoms with Gasteiger partial charge in [0.1, 0.15) is 5.75 Å². The summed E-state index contributed by atoms with van der Waals surface area (Å²) in [5, 5.41) is 15.3. The monoisotopic (exact) mass is 293 g/mol. The van der Waals surface area contributed by atoms with Crippen LogP contribution >= 0.6 is 0 Å². The van der Waals surface area contributed by atoms with Crippen LogP contribution in [-0.2, 0) is 6.54 Å². The van der Waals surface area contributed by atoms with Crippen molar-refractivity contribution in [3.05, 3.63) is 29.3 Å². The lowest BCUT2D eigenvalue weighted by atomic mass is 9.81. The molecule has 0 aliphatic rings. The predicted molar refractivity (Wildman–Crippen MR) is 85.8 cm³/mol. The molecule has 0 amide bonds. The number of oxime groups is 1. The van der Waals surface area contributed by atoms with Crippen LogP contribution in [0.1, 0.15) is 38.8 Å². The molecule has 0 heterocycles. The normalized spacial score (nSPS) is 12.8. The number of nitrogens with one attached hydrogen (secondary N) is 1. The second kappa shape index (κ2) is 7.31. The van der Waals surface area contributed by atoms with E-state index in [0.29, 0.717) is 18.0 Å². The first-order chi connectivity index (χ1) is 9.81. The molecule has 4 N–H and O–H groups in total. The van der Waals surface area contributed by atoms with Gasteiger partial charge in [-0.2, -0.15) is 0 Å². The standard InChI is InChI=1S/C16H27N3O2/c1-11(2)16(3,4)10-18-9-13-8-12(15(17)19-20)6-7-14(13)21-5/h6-8,11,18,20H,9-10H2,1-5H3,(H2,17,19). The second-order valence-corrected chi connectivity index (χ2v) is 6.26. The van der Waals surface area contributed by atoms with Crippen molar-refractivity contribution in [3.8, 4) is 5.75 Å². The molecule has 0 fully saturated rings. The molecule has 0 spiro atoms. The first kappa shape index (κ1) is 17.3. The van der Waals surface area contributed by atoms with E-state index in [0.717, 1.165) is 17.9 Å². The molecule has 5 nitrogen and oxygen atoms in total. The highest BCUT2D eigenvalue weighted by Crippen LogP contribution is 2.25. The molecule has 21 heavy (non-hydrogen) atoms. The van der Waals surface area contributed by atoms with E-state index in [1.54, 1.807) is 13.2 Å². The number of ether oxygens (including phenoxy) is 1. The topological polar surface area (TPSA) is 79.9 Å². The molecule has 0 atom stereocenters. The van der Waals surface area contributed by atoms with E-state index in [1.165, 1.54) is 0 Å². The molecule has 1 aromatic rings. The Morgan fingerprint density at radius 2 is 2.10 bits per heavy atom. The van der Waals surface area contributed by atoms with Gasteiger partial charge >= 0.3 is 0 Å². The van der Waals surface area contributed by atoms with E-state index < -0.39 is 0 Å². The molecule has 0 bridgehead atoms. The van der Waals surface area contributed by atoms with E-state index in [1.807, 2.05) is 12.1 Å². The highest BCUT2D eigenvalue weighted by atomic mass is 16.5. The fourth-order valence-corrected chi connectivity index (χ4v) is 1.86. The Hall–Kier alpha value is -1.75. The van der Waals surface area contributed by atoms with Crippen LogP contribution in [0.25, 0.3) is 0 Å². The van der Waals surface area contributed by atoms with Crippen molar-refractivity contribution in [1.29, 1.82) is 0 Å². The zero-order chi connectivity index (χ0) is 16.0. The Balaban J connectivity index is 2.82. The maximum absolute atomic E-state index is 8.77. The molecule has 118 valence electrons. The Labute approximate surface area is 127 Å². The van der Waals surface area contributed by atoms with Crippen molar-refractivity contribution >= 4 is 5.84 Å². The fourth-order valence-electron chi connectivity index (χ4n) is 1.86. The summed E-state index contributed by atoms with van der Waals surface area (Å²) in [4.78, 5) is 0. The van der Waals surface area contributed by atoms with Gasteiger partial charge in [0, 0.05) is 24.2 Å². The van der Waals surface area contributed by atoms with Crippen molar-refractivity contribution in [2.75, 3.05) is 13.7 Å². The molecule has 0 saturated heterocycles. The van der Waals surface area contributed by atoms with Gasteiger partial charge in [0.15, 0.2) is 5.84 Å². The molecule has 0 unspecified atom stereocenters. The number of amidine groups is 1. The third-order valence-corrected chi connectivity index (χ3v) is 4.14. The lowest BCUT2D eigenvalue weighted by Crippen LogP contribution is -2.33. The number of nitrogens with zero attached hydrogens (tertiary/aromatic N) is 1. The van der Waals surface area contributed by atoms with Gasteiger partial charge in [0.25, 0.3) is 0 Å². The highest BCUT2D eigenvalue weighted by molar-refractivity contribution is 5.97. The lowest BCUT2D eigenvalue weighted by Gasteiger charge is -2.29. The number of benzene rings is 1. The van der Waals surface area contributed by atoms with Crippen LogP contribution in [0.4, 0.5) is 0 Å². The summed E-state index contributed by atoms with van der Waals surface area (Å²) in [5.74, 6) is 1.48. The average Bonchev–Trinajstić information content (AvgIpc) is 2.45. The van der Waals surface area contributed by atoms with Crippen molar-refractivity contribution in [2.45, 2.75) is 34.2 Å². The highest BCUT2D eigenvalue weighted by Gasteiger charge is 2.21. The Morgan fingerprint density at radius 1 is 1.43 bits per heavy atom. The summed E-state index contributed by atoms with van der Waals surface area (Å²) in [6, 6.07) is 5.48. The number of hydrogen-bond acceptors (Lipinski definition) is 4. The van der Waals surface area contributed by atoms with Gasteiger partial charge in [-0.1, -0.05) is 32.9 Å². The SMILES string of the molecule is COc1ccc(/C(N)=N/O)cc1CNCC(C)(C)C(C)C. The minimum atomic E-state index is 0.0985. The van der Waals surface area contributed by atoms with Crippen LogP contribution < -0.4 is 15.8 Å². The van der Waals surface area contributed by atoms with Gasteiger partial charge in [0.2, 0.25) is 0 Å².